The van der Waals surface area contributed by atoms with Crippen LogP contribution in [0.4, 0.5) is 0 Å². The van der Waals surface area contributed by atoms with Gasteiger partial charge in [0.1, 0.15) is 5.69 Å². The van der Waals surface area contributed by atoms with Crippen LogP contribution in [0.5, 0.6) is 0 Å². The van der Waals surface area contributed by atoms with Gasteiger partial charge >= 0.3 is 5.97 Å². The highest BCUT2D eigenvalue weighted by atomic mass is 79.9. The number of hydrogen-bond acceptors (Lipinski definition) is 4. The first-order chi connectivity index (χ1) is 11.9. The van der Waals surface area contributed by atoms with E-state index in [9.17, 15) is 9.59 Å². The van der Waals surface area contributed by atoms with Gasteiger partial charge in [0.25, 0.3) is 5.91 Å². The van der Waals surface area contributed by atoms with Gasteiger partial charge in [0.05, 0.1) is 23.4 Å². The molecule has 2 aromatic rings. The van der Waals surface area contributed by atoms with Gasteiger partial charge in [-0.3, -0.25) is 4.79 Å². The molecule has 0 radical (unpaired) electrons. The molecule has 1 saturated carbocycles. The zero-order valence-corrected chi connectivity index (χ0v) is 15.7. The predicted octanol–water partition coefficient (Wildman–Crippen LogP) is 3.75. The smallest absolute Gasteiger partial charge is 0.339 e. The van der Waals surface area contributed by atoms with E-state index in [-0.39, 0.29) is 11.4 Å². The molecular weight excluding hydrogens is 384 g/mol. The van der Waals surface area contributed by atoms with E-state index in [4.69, 9.17) is 4.74 Å². The van der Waals surface area contributed by atoms with Gasteiger partial charge in [0.15, 0.2) is 0 Å². The first-order valence-electron chi connectivity index (χ1n) is 8.18. The van der Waals surface area contributed by atoms with Gasteiger partial charge in [-0.25, -0.2) is 9.78 Å². The Bertz CT molecular complexity index is 814. The van der Waals surface area contributed by atoms with Gasteiger partial charge in [-0.15, -0.1) is 0 Å². The summed E-state index contributed by atoms with van der Waals surface area (Å²) in [5, 5.41) is 3.09. The lowest BCUT2D eigenvalue weighted by Gasteiger charge is -2.18. The third kappa shape index (κ3) is 3.74. The summed E-state index contributed by atoms with van der Waals surface area (Å²) in [4.78, 5) is 28.7. The molecule has 6 heteroatoms. The number of nitrogens with zero attached hydrogens (tertiary/aromatic N) is 1. The molecule has 5 nitrogen and oxygen atoms in total. The summed E-state index contributed by atoms with van der Waals surface area (Å²) in [5.74, 6) is -0.660. The Balaban J connectivity index is 1.76. The molecule has 1 N–H and O–H groups in total. The van der Waals surface area contributed by atoms with Crippen molar-refractivity contribution in [2.75, 3.05) is 6.61 Å². The van der Waals surface area contributed by atoms with E-state index in [1.165, 1.54) is 0 Å². The maximum Gasteiger partial charge on any atom is 0.339 e. The number of pyridine rings is 1. The Morgan fingerprint density at radius 3 is 2.44 bits per heavy atom. The molecule has 1 heterocycles. The molecule has 1 fully saturated rings. The van der Waals surface area contributed by atoms with Gasteiger partial charge in [0, 0.05) is 4.47 Å². The number of rotatable bonds is 5. The third-order valence-corrected chi connectivity index (χ3v) is 4.84. The number of carbonyl (C=O) groups is 2. The number of carbonyl (C=O) groups excluding carboxylic acids is 2. The van der Waals surface area contributed by atoms with Crippen LogP contribution in [0.3, 0.4) is 0 Å². The van der Waals surface area contributed by atoms with Gasteiger partial charge in [0.2, 0.25) is 0 Å². The molecule has 1 aliphatic rings. The number of ether oxygens (including phenoxy) is 1. The summed E-state index contributed by atoms with van der Waals surface area (Å²) in [5.41, 5.74) is 1.94. The van der Waals surface area contributed by atoms with Crippen molar-refractivity contribution in [3.05, 3.63) is 63.4 Å². The highest BCUT2D eigenvalue weighted by Gasteiger charge is 2.45. The number of aromatic nitrogens is 1. The fraction of sp³-hybridized carbons (Fsp3) is 0.316. The quantitative estimate of drug-likeness (QED) is 0.773. The van der Waals surface area contributed by atoms with E-state index >= 15 is 0 Å². The Morgan fingerprint density at radius 2 is 1.88 bits per heavy atom. The van der Waals surface area contributed by atoms with E-state index in [0.29, 0.717) is 23.6 Å². The van der Waals surface area contributed by atoms with Crippen molar-refractivity contribution in [1.29, 1.82) is 0 Å². The van der Waals surface area contributed by atoms with Gasteiger partial charge < -0.3 is 10.1 Å². The van der Waals surface area contributed by atoms with E-state index in [1.54, 1.807) is 26.0 Å². The molecule has 0 unspecified atom stereocenters. The second kappa shape index (κ2) is 6.96. The Labute approximate surface area is 154 Å². The Kier molecular flexibility index (Phi) is 4.90. The minimum atomic E-state index is -0.423. The predicted molar refractivity (Wildman–Crippen MR) is 97.5 cm³/mol. The van der Waals surface area contributed by atoms with Crippen molar-refractivity contribution < 1.29 is 14.3 Å². The van der Waals surface area contributed by atoms with Crippen LogP contribution in [0.1, 0.15) is 51.9 Å². The van der Waals surface area contributed by atoms with Crippen molar-refractivity contribution in [1.82, 2.24) is 10.3 Å². The molecule has 25 heavy (non-hydrogen) atoms. The summed E-state index contributed by atoms with van der Waals surface area (Å²) in [6.45, 7) is 3.75. The number of benzene rings is 1. The second-order valence-corrected chi connectivity index (χ2v) is 7.01. The summed E-state index contributed by atoms with van der Waals surface area (Å²) in [6, 6.07) is 11.1. The molecule has 1 aromatic carbocycles. The minimum absolute atomic E-state index is 0.237. The zero-order valence-electron chi connectivity index (χ0n) is 14.1. The normalized spacial score (nSPS) is 14.7. The SMILES string of the molecule is CCOC(=O)c1ccc(C(=O)NC2(c3ccc(Br)cc3)CC2)nc1C. The number of nitrogens with one attached hydrogen (secondary N) is 1. The Hall–Kier alpha value is -2.21. The highest BCUT2D eigenvalue weighted by Crippen LogP contribution is 2.45. The molecule has 0 aliphatic heterocycles. The van der Waals surface area contributed by atoms with Gasteiger partial charge in [-0.05, 0) is 56.5 Å². The highest BCUT2D eigenvalue weighted by molar-refractivity contribution is 9.10. The van der Waals surface area contributed by atoms with E-state index < -0.39 is 5.97 Å². The first-order valence-corrected chi connectivity index (χ1v) is 8.98. The first kappa shape index (κ1) is 17.6. The number of esters is 1. The van der Waals surface area contributed by atoms with Crippen LogP contribution < -0.4 is 5.32 Å². The summed E-state index contributed by atoms with van der Waals surface area (Å²) < 4.78 is 5.99. The largest absolute Gasteiger partial charge is 0.462 e. The topological polar surface area (TPSA) is 68.3 Å². The molecule has 0 saturated heterocycles. The monoisotopic (exact) mass is 402 g/mol. The van der Waals surface area contributed by atoms with E-state index in [2.05, 4.69) is 26.2 Å². The van der Waals surface area contributed by atoms with E-state index in [0.717, 1.165) is 22.9 Å². The molecular formula is C19H19BrN2O3. The van der Waals surface area contributed by atoms with Crippen molar-refractivity contribution in [2.45, 2.75) is 32.2 Å². The third-order valence-electron chi connectivity index (χ3n) is 4.31. The lowest BCUT2D eigenvalue weighted by Crippen LogP contribution is -2.35. The van der Waals surface area contributed by atoms with Crippen LogP contribution in [0.25, 0.3) is 0 Å². The van der Waals surface area contributed by atoms with Crippen LogP contribution in [0.15, 0.2) is 40.9 Å². The van der Waals surface area contributed by atoms with Crippen LogP contribution >= 0.6 is 15.9 Å². The molecule has 0 spiro atoms. The fourth-order valence-corrected chi connectivity index (χ4v) is 3.04. The van der Waals surface area contributed by atoms with Crippen molar-refractivity contribution in [3.63, 3.8) is 0 Å². The van der Waals surface area contributed by atoms with Gasteiger partial charge in [-0.1, -0.05) is 28.1 Å². The maximum atomic E-state index is 12.6. The van der Waals surface area contributed by atoms with Crippen molar-refractivity contribution >= 4 is 27.8 Å². The molecule has 0 bridgehead atoms. The second-order valence-electron chi connectivity index (χ2n) is 6.09. The van der Waals surface area contributed by atoms with Crippen LogP contribution in [0, 0.1) is 6.92 Å². The van der Waals surface area contributed by atoms with Crippen molar-refractivity contribution in [3.8, 4) is 0 Å². The van der Waals surface area contributed by atoms with Crippen LogP contribution in [-0.2, 0) is 10.3 Å². The Morgan fingerprint density at radius 1 is 1.20 bits per heavy atom. The number of aryl methyl sites for hydroxylation is 1. The lowest BCUT2D eigenvalue weighted by molar-refractivity contribution is 0.0524. The standard InChI is InChI=1S/C19H19BrN2O3/c1-3-25-18(24)15-8-9-16(21-12(15)2)17(23)22-19(10-11-19)13-4-6-14(20)7-5-13/h4-9H,3,10-11H2,1-2H3,(H,22,23). The molecule has 1 amide bonds. The molecule has 0 atom stereocenters. The van der Waals surface area contributed by atoms with Crippen LogP contribution in [0.2, 0.25) is 0 Å². The molecule has 1 aromatic heterocycles. The molecule has 1 aliphatic carbocycles. The number of hydrogen-bond donors (Lipinski definition) is 1. The summed E-state index contributed by atoms with van der Waals surface area (Å²) in [6.07, 6.45) is 1.81. The molecule has 130 valence electrons. The minimum Gasteiger partial charge on any atom is -0.462 e. The summed E-state index contributed by atoms with van der Waals surface area (Å²) in [7, 11) is 0. The average Bonchev–Trinajstić information content (AvgIpc) is 3.36. The molecule has 3 rings (SSSR count). The fourth-order valence-electron chi connectivity index (χ4n) is 2.77. The average molecular weight is 403 g/mol. The maximum absolute atomic E-state index is 12.6. The summed E-state index contributed by atoms with van der Waals surface area (Å²) >= 11 is 3.42. The van der Waals surface area contributed by atoms with Crippen molar-refractivity contribution in [2.24, 2.45) is 0 Å². The van der Waals surface area contributed by atoms with Crippen LogP contribution in [-0.4, -0.2) is 23.5 Å². The van der Waals surface area contributed by atoms with E-state index in [1.807, 2.05) is 24.3 Å². The lowest BCUT2D eigenvalue weighted by atomic mass is 10.0. The number of amides is 1. The zero-order chi connectivity index (χ0) is 18.0. The van der Waals surface area contributed by atoms with Gasteiger partial charge in [-0.2, -0.15) is 0 Å². The number of halogens is 1.